The molecule has 0 unspecified atom stereocenters. The van der Waals surface area contributed by atoms with Crippen LogP contribution >= 0.6 is 0 Å². The van der Waals surface area contributed by atoms with Crippen LogP contribution in [0.2, 0.25) is 0 Å². The van der Waals surface area contributed by atoms with E-state index in [4.69, 9.17) is 0 Å². The third-order valence-corrected chi connectivity index (χ3v) is 5.79. The van der Waals surface area contributed by atoms with Crippen LogP contribution in [0.5, 0.6) is 0 Å². The summed E-state index contributed by atoms with van der Waals surface area (Å²) in [6, 6.07) is 12.8. The van der Waals surface area contributed by atoms with Gasteiger partial charge in [0, 0.05) is 31.3 Å². The van der Waals surface area contributed by atoms with Crippen LogP contribution < -0.4 is 5.56 Å². The molecule has 30 heavy (non-hydrogen) atoms. The topological polar surface area (TPSA) is 36.1 Å². The molecule has 3 heteroatoms. The molecule has 3 nitrogen and oxygen atoms in total. The highest BCUT2D eigenvalue weighted by atomic mass is 16.1. The minimum absolute atomic E-state index is 0. The van der Waals surface area contributed by atoms with Gasteiger partial charge in [0.2, 0.25) is 0 Å². The van der Waals surface area contributed by atoms with Crippen molar-refractivity contribution in [1.82, 2.24) is 9.88 Å². The molecular weight excluding hydrogens is 368 g/mol. The number of hydrogen-bond acceptors (Lipinski definition) is 2. The highest BCUT2D eigenvalue weighted by molar-refractivity contribution is 5.78. The molecule has 1 atom stereocenters. The molecule has 0 aliphatic carbocycles. The maximum absolute atomic E-state index is 12.3. The molecule has 2 heterocycles. The van der Waals surface area contributed by atoms with Crippen molar-refractivity contribution in [2.24, 2.45) is 11.8 Å². The van der Waals surface area contributed by atoms with Gasteiger partial charge in [-0.1, -0.05) is 78.5 Å². The molecule has 1 N–H and O–H groups in total. The Morgan fingerprint density at radius 2 is 1.87 bits per heavy atom. The zero-order valence-electron chi connectivity index (χ0n) is 18.9. The minimum Gasteiger partial charge on any atom is -0.322 e. The van der Waals surface area contributed by atoms with E-state index in [1.54, 1.807) is 0 Å². The predicted molar refractivity (Wildman–Crippen MR) is 132 cm³/mol. The molecule has 0 saturated carbocycles. The summed E-state index contributed by atoms with van der Waals surface area (Å²) in [7, 11) is 0. The van der Waals surface area contributed by atoms with E-state index in [2.05, 4.69) is 74.8 Å². The highest BCUT2D eigenvalue weighted by Crippen LogP contribution is 2.30. The molecular formula is C27H42N2O. The summed E-state index contributed by atoms with van der Waals surface area (Å²) >= 11 is 0. The number of H-pyrrole nitrogens is 1. The monoisotopic (exact) mass is 410 g/mol. The molecule has 3 rings (SSSR count). The second kappa shape index (κ2) is 9.78. The van der Waals surface area contributed by atoms with Crippen molar-refractivity contribution in [3.05, 3.63) is 75.2 Å². The molecule has 1 aromatic heterocycles. The lowest BCUT2D eigenvalue weighted by molar-refractivity contribution is 0.293. The Hall–Kier alpha value is -2.13. The van der Waals surface area contributed by atoms with Crippen LogP contribution in [-0.2, 0) is 5.41 Å². The molecule has 0 radical (unpaired) electrons. The third kappa shape index (κ3) is 5.95. The number of nitrogens with zero attached hydrogens (tertiary/aromatic N) is 1. The van der Waals surface area contributed by atoms with Crippen LogP contribution in [0.25, 0.3) is 5.57 Å². The van der Waals surface area contributed by atoms with Gasteiger partial charge in [-0.25, -0.2) is 0 Å². The maximum Gasteiger partial charge on any atom is 0.251 e. The van der Waals surface area contributed by atoms with Crippen molar-refractivity contribution >= 4 is 5.57 Å². The SMILES string of the molecule is C.Cc1ccc(/C(=C/[C@H]2CCN(CC(C)C)C2)c2ccc(C(C)(C)C)cc2)[nH]c1=O.[HH]. The molecule has 1 aliphatic heterocycles. The van der Waals surface area contributed by atoms with E-state index in [0.717, 1.165) is 36.5 Å². The van der Waals surface area contributed by atoms with E-state index < -0.39 is 0 Å². The second-order valence-electron chi connectivity index (χ2n) is 9.99. The lowest BCUT2D eigenvalue weighted by atomic mass is 9.85. The lowest BCUT2D eigenvalue weighted by Crippen LogP contribution is -2.25. The number of aromatic amines is 1. The average molecular weight is 411 g/mol. The van der Waals surface area contributed by atoms with Gasteiger partial charge in [0.1, 0.15) is 0 Å². The fourth-order valence-corrected chi connectivity index (χ4v) is 4.11. The second-order valence-corrected chi connectivity index (χ2v) is 9.99. The largest absolute Gasteiger partial charge is 0.322 e. The Labute approximate surface area is 184 Å². The molecule has 2 aromatic rings. The Bertz CT molecular complexity index is 919. The van der Waals surface area contributed by atoms with E-state index in [1.165, 1.54) is 17.5 Å². The molecule has 1 saturated heterocycles. The quantitative estimate of drug-likeness (QED) is 0.630. The van der Waals surface area contributed by atoms with Crippen LogP contribution in [0.3, 0.4) is 0 Å². The zero-order valence-corrected chi connectivity index (χ0v) is 18.9. The van der Waals surface area contributed by atoms with E-state index in [-0.39, 0.29) is 19.8 Å². The summed E-state index contributed by atoms with van der Waals surface area (Å²) in [6.07, 6.45) is 3.55. The number of hydrogen-bond donors (Lipinski definition) is 1. The smallest absolute Gasteiger partial charge is 0.251 e. The molecule has 0 spiro atoms. The Morgan fingerprint density at radius 3 is 2.43 bits per heavy atom. The van der Waals surface area contributed by atoms with Crippen molar-refractivity contribution in [1.29, 1.82) is 0 Å². The first kappa shape index (κ1) is 24.1. The van der Waals surface area contributed by atoms with Crippen molar-refractivity contribution in [3.8, 4) is 0 Å². The van der Waals surface area contributed by atoms with E-state index in [9.17, 15) is 4.79 Å². The van der Waals surface area contributed by atoms with E-state index in [0.29, 0.717) is 11.8 Å². The summed E-state index contributed by atoms with van der Waals surface area (Å²) in [6.45, 7) is 16.5. The van der Waals surface area contributed by atoms with Gasteiger partial charge in [-0.2, -0.15) is 0 Å². The van der Waals surface area contributed by atoms with E-state index in [1.807, 2.05) is 19.1 Å². The van der Waals surface area contributed by atoms with Gasteiger partial charge in [0.05, 0.1) is 0 Å². The number of aromatic nitrogens is 1. The number of rotatable bonds is 5. The summed E-state index contributed by atoms with van der Waals surface area (Å²) < 4.78 is 0. The van der Waals surface area contributed by atoms with Crippen LogP contribution in [0.4, 0.5) is 0 Å². The number of aryl methyl sites for hydroxylation is 1. The summed E-state index contributed by atoms with van der Waals surface area (Å²) in [5.41, 5.74) is 5.41. The molecule has 1 aromatic carbocycles. The maximum atomic E-state index is 12.3. The van der Waals surface area contributed by atoms with Crippen molar-refractivity contribution in [2.75, 3.05) is 19.6 Å². The van der Waals surface area contributed by atoms with E-state index >= 15 is 0 Å². The Kier molecular flexibility index (Phi) is 7.87. The van der Waals surface area contributed by atoms with Gasteiger partial charge >= 0.3 is 0 Å². The Morgan fingerprint density at radius 1 is 1.20 bits per heavy atom. The number of nitrogens with one attached hydrogen (secondary N) is 1. The average Bonchev–Trinajstić information content (AvgIpc) is 3.08. The van der Waals surface area contributed by atoms with Crippen molar-refractivity contribution in [3.63, 3.8) is 0 Å². The molecule has 1 fully saturated rings. The van der Waals surface area contributed by atoms with Crippen LogP contribution in [0, 0.1) is 18.8 Å². The lowest BCUT2D eigenvalue weighted by Gasteiger charge is -2.20. The van der Waals surface area contributed by atoms with Crippen LogP contribution in [0.15, 0.2) is 47.3 Å². The van der Waals surface area contributed by atoms with Gasteiger partial charge in [0.25, 0.3) is 5.56 Å². The predicted octanol–water partition coefficient (Wildman–Crippen LogP) is 6.27. The molecule has 166 valence electrons. The highest BCUT2D eigenvalue weighted by Gasteiger charge is 2.23. The normalized spacial score (nSPS) is 18.0. The van der Waals surface area contributed by atoms with Crippen LogP contribution in [0.1, 0.15) is 72.3 Å². The van der Waals surface area contributed by atoms with Gasteiger partial charge < -0.3 is 9.88 Å². The van der Waals surface area contributed by atoms with Crippen molar-refractivity contribution < 1.29 is 1.43 Å². The van der Waals surface area contributed by atoms with Crippen molar-refractivity contribution in [2.45, 2.75) is 60.8 Å². The number of likely N-dealkylation sites (tertiary alicyclic amines) is 1. The molecule has 0 amide bonds. The fourth-order valence-electron chi connectivity index (χ4n) is 4.11. The minimum atomic E-state index is -0.00688. The number of benzene rings is 1. The first-order chi connectivity index (χ1) is 13.6. The molecule has 0 bridgehead atoms. The fraction of sp³-hybridized carbons (Fsp3) is 0.519. The standard InChI is InChI=1S/C26H36N2O.CH4.H2/c1-18(2)16-28-14-13-20(17-28)15-23(24-12-7-19(3)25(29)27-24)21-8-10-22(11-9-21)26(4,5)6;;/h7-12,15,18,20H,13-14,16-17H2,1-6H3,(H,27,29);1H4;1H/b23-15+;;/t20-;;/m1../s1. The van der Waals surface area contributed by atoms with Gasteiger partial charge in [-0.3, -0.25) is 4.79 Å². The first-order valence-corrected chi connectivity index (χ1v) is 10.9. The van der Waals surface area contributed by atoms with Gasteiger partial charge in [0.15, 0.2) is 0 Å². The van der Waals surface area contributed by atoms with Crippen LogP contribution in [-0.4, -0.2) is 29.5 Å². The molecule has 1 aliphatic rings. The van der Waals surface area contributed by atoms with Gasteiger partial charge in [-0.05, 0) is 54.3 Å². The Balaban J connectivity index is 0.00000240. The zero-order chi connectivity index (χ0) is 21.2. The first-order valence-electron chi connectivity index (χ1n) is 10.9. The summed E-state index contributed by atoms with van der Waals surface area (Å²) in [4.78, 5) is 17.9. The number of pyridine rings is 1. The van der Waals surface area contributed by atoms with Gasteiger partial charge in [-0.15, -0.1) is 0 Å². The third-order valence-electron chi connectivity index (χ3n) is 5.79. The summed E-state index contributed by atoms with van der Waals surface area (Å²) in [5.74, 6) is 1.20. The summed E-state index contributed by atoms with van der Waals surface area (Å²) in [5, 5.41) is 0.